The second-order valence-corrected chi connectivity index (χ2v) is 15.9. The summed E-state index contributed by atoms with van der Waals surface area (Å²) in [6, 6.07) is 24.4. The molecule has 0 atom stereocenters. The van der Waals surface area contributed by atoms with E-state index in [1.807, 2.05) is 48.5 Å². The van der Waals surface area contributed by atoms with E-state index < -0.39 is 32.1 Å². The van der Waals surface area contributed by atoms with Crippen LogP contribution in [-0.4, -0.2) is 118 Å². The predicted octanol–water partition coefficient (Wildman–Crippen LogP) is 2.91. The van der Waals surface area contributed by atoms with Crippen molar-refractivity contribution in [2.45, 2.75) is 19.4 Å². The van der Waals surface area contributed by atoms with E-state index in [9.17, 15) is 26.4 Å². The number of carbonyl (C=O) groups is 2. The van der Waals surface area contributed by atoms with Gasteiger partial charge in [0.2, 0.25) is 0 Å². The van der Waals surface area contributed by atoms with Crippen LogP contribution in [0.15, 0.2) is 85.1 Å². The molecule has 6 rings (SSSR count). The largest absolute Gasteiger partial charge is 0.493 e. The number of para-hydroxylation sites is 1. The highest BCUT2D eigenvalue weighted by molar-refractivity contribution is 7.85. The zero-order valence-corrected chi connectivity index (χ0v) is 35.9. The topological polar surface area (TPSA) is 314 Å². The Morgan fingerprint density at radius 1 is 0.705 bits per heavy atom. The highest BCUT2D eigenvalue weighted by Crippen LogP contribution is 2.35. The molecule has 1 aromatic heterocycles. The molecule has 10 N–H and O–H groups in total. The van der Waals surface area contributed by atoms with E-state index in [4.69, 9.17) is 28.1 Å². The number of benzene rings is 4. The zero-order valence-electron chi connectivity index (χ0n) is 34.3. The molecule has 2 heterocycles. The highest BCUT2D eigenvalue weighted by Gasteiger charge is 2.21. The average molecular weight is 893 g/mol. The van der Waals surface area contributed by atoms with Crippen LogP contribution in [0.3, 0.4) is 0 Å². The van der Waals surface area contributed by atoms with Gasteiger partial charge in [-0.05, 0) is 72.0 Å². The number of amides is 2. The Kier molecular flexibility index (Phi) is 20.7. The molecule has 0 radical (unpaired) electrons. The van der Waals surface area contributed by atoms with E-state index in [0.717, 1.165) is 60.4 Å². The van der Waals surface area contributed by atoms with Gasteiger partial charge in [-0.25, -0.2) is 0 Å². The van der Waals surface area contributed by atoms with Gasteiger partial charge in [-0.3, -0.25) is 28.6 Å². The second kappa shape index (κ2) is 23.8. The van der Waals surface area contributed by atoms with E-state index in [0.29, 0.717) is 35.3 Å². The lowest BCUT2D eigenvalue weighted by atomic mass is 9.98. The zero-order chi connectivity index (χ0) is 42.6. The first-order chi connectivity index (χ1) is 27.4. The van der Waals surface area contributed by atoms with Gasteiger partial charge < -0.3 is 46.0 Å². The molecule has 0 spiro atoms. The summed E-state index contributed by atoms with van der Waals surface area (Å²) in [5, 5.41) is 6.66. The van der Waals surface area contributed by atoms with Gasteiger partial charge in [-0.15, -0.1) is 0 Å². The summed E-state index contributed by atoms with van der Waals surface area (Å²) in [4.78, 5) is 33.7. The van der Waals surface area contributed by atoms with Crippen molar-refractivity contribution in [3.63, 3.8) is 0 Å². The number of anilines is 2. The number of methoxy groups -OCH3 is 4. The number of hydrogen-bond donors (Lipinski definition) is 4. The normalized spacial score (nSPS) is 11.8. The molecule has 334 valence electrons. The summed E-state index contributed by atoms with van der Waals surface area (Å²) in [5.74, 6) is 1.44. The molecule has 2 amide bonds. The van der Waals surface area contributed by atoms with Crippen LogP contribution < -0.4 is 29.6 Å². The standard InChI is InChI=1S/C38H38N4O6.2CH4O3S.3H2O/c1-45-33-18-25-14-16-42(23-28(25)19-34(33)46-2)15-13-24-9-11-29(12-10-24)40-38(44)30-20-35(47-3)36(48-4)21-32(30)41-37(43)27-17-26-7-5-6-8-31(26)39-22-27;2*1-5(2,3)4;;;/h5-12,17-22H,13-16,23H2,1-4H3,(H,40,44)(H,41,43);2*1H3,(H,2,3,4);3*1H2. The molecule has 61 heavy (non-hydrogen) atoms. The maximum absolute atomic E-state index is 13.6. The van der Waals surface area contributed by atoms with Crippen molar-refractivity contribution >= 4 is 54.3 Å². The third-order valence-electron chi connectivity index (χ3n) is 8.59. The maximum atomic E-state index is 13.6. The van der Waals surface area contributed by atoms with Gasteiger partial charge >= 0.3 is 0 Å². The Balaban J connectivity index is 0.00000129. The fourth-order valence-corrected chi connectivity index (χ4v) is 5.93. The molecular formula is C40H52N4O15S2. The van der Waals surface area contributed by atoms with Crippen LogP contribution in [0.25, 0.3) is 10.9 Å². The summed E-state index contributed by atoms with van der Waals surface area (Å²) >= 11 is 0. The van der Waals surface area contributed by atoms with Crippen LogP contribution in [0.5, 0.6) is 23.0 Å². The molecule has 4 aromatic carbocycles. The van der Waals surface area contributed by atoms with Crippen LogP contribution in [0.4, 0.5) is 11.4 Å². The quantitative estimate of drug-likeness (QED) is 0.139. The van der Waals surface area contributed by atoms with Gasteiger partial charge in [0.15, 0.2) is 23.0 Å². The minimum Gasteiger partial charge on any atom is -0.493 e. The van der Waals surface area contributed by atoms with Gasteiger partial charge in [-0.2, -0.15) is 16.8 Å². The molecule has 5 aromatic rings. The van der Waals surface area contributed by atoms with Crippen molar-refractivity contribution in [2.24, 2.45) is 0 Å². The fraction of sp³-hybridized carbons (Fsp3) is 0.275. The molecule has 0 bridgehead atoms. The van der Waals surface area contributed by atoms with Crippen molar-refractivity contribution in [3.05, 3.63) is 113 Å². The Morgan fingerprint density at radius 3 is 1.80 bits per heavy atom. The lowest BCUT2D eigenvalue weighted by Gasteiger charge is -2.29. The highest BCUT2D eigenvalue weighted by atomic mass is 32.2. The molecule has 21 heteroatoms. The van der Waals surface area contributed by atoms with Crippen molar-refractivity contribution < 1.29 is 70.9 Å². The van der Waals surface area contributed by atoms with Crippen molar-refractivity contribution in [1.29, 1.82) is 0 Å². The summed E-state index contributed by atoms with van der Waals surface area (Å²) < 4.78 is 73.6. The van der Waals surface area contributed by atoms with Gasteiger partial charge in [0.05, 0.1) is 63.3 Å². The second-order valence-electron chi connectivity index (χ2n) is 13.0. The SMILES string of the molecule is COc1cc2c(cc1OC)CN(CCc1ccc(NC(=O)c3cc(OC)c(OC)cc3NC(=O)c3cnc4ccccc4c3)cc1)CC2.CS(=O)(=O)O.CS(=O)(=O)O.O.O.O. The lowest BCUT2D eigenvalue weighted by molar-refractivity contribution is 0.102. The minimum absolute atomic E-state index is 0. The van der Waals surface area contributed by atoms with Crippen LogP contribution in [-0.2, 0) is 39.6 Å². The number of nitrogens with one attached hydrogen (secondary N) is 2. The summed E-state index contributed by atoms with van der Waals surface area (Å²) in [6.45, 7) is 2.73. The molecule has 0 fully saturated rings. The molecule has 19 nitrogen and oxygen atoms in total. The number of nitrogens with zero attached hydrogens (tertiary/aromatic N) is 2. The molecule has 1 aliphatic rings. The Bertz CT molecular complexity index is 2420. The molecule has 0 aliphatic carbocycles. The molecular weight excluding hydrogens is 841 g/mol. The third-order valence-corrected chi connectivity index (χ3v) is 8.59. The third kappa shape index (κ3) is 16.6. The number of fused-ring (bicyclic) bond motifs is 2. The van der Waals surface area contributed by atoms with Crippen molar-refractivity contribution in [3.8, 4) is 23.0 Å². The van der Waals surface area contributed by atoms with E-state index >= 15 is 0 Å². The summed E-state index contributed by atoms with van der Waals surface area (Å²) in [5.41, 5.74) is 5.99. The first-order valence-corrected chi connectivity index (χ1v) is 21.2. The monoisotopic (exact) mass is 892 g/mol. The van der Waals surface area contributed by atoms with Crippen molar-refractivity contribution in [1.82, 2.24) is 9.88 Å². The van der Waals surface area contributed by atoms with Crippen molar-refractivity contribution in [2.75, 3.05) is 64.7 Å². The van der Waals surface area contributed by atoms with E-state index in [1.165, 1.54) is 31.5 Å². The number of carbonyl (C=O) groups excluding carboxylic acids is 2. The van der Waals surface area contributed by atoms with E-state index in [2.05, 4.69) is 32.7 Å². The van der Waals surface area contributed by atoms with Crippen LogP contribution in [0.1, 0.15) is 37.4 Å². The first-order valence-electron chi connectivity index (χ1n) is 17.5. The fourth-order valence-electron chi connectivity index (χ4n) is 5.93. The van der Waals surface area contributed by atoms with Crippen LogP contribution in [0.2, 0.25) is 0 Å². The van der Waals surface area contributed by atoms with Gasteiger partial charge in [-0.1, -0.05) is 30.3 Å². The summed E-state index contributed by atoms with van der Waals surface area (Å²) in [7, 11) is -1.02. The van der Waals surface area contributed by atoms with E-state index in [1.54, 1.807) is 32.4 Å². The number of hydrogen-bond acceptors (Lipinski definition) is 12. The van der Waals surface area contributed by atoms with Gasteiger partial charge in [0, 0.05) is 43.0 Å². The van der Waals surface area contributed by atoms with Gasteiger partial charge in [0.25, 0.3) is 32.1 Å². The molecule has 0 unspecified atom stereocenters. The minimum atomic E-state index is -3.67. The van der Waals surface area contributed by atoms with E-state index in [-0.39, 0.29) is 27.7 Å². The van der Waals surface area contributed by atoms with Crippen LogP contribution >= 0.6 is 0 Å². The predicted molar refractivity (Wildman–Crippen MR) is 232 cm³/mol. The lowest BCUT2D eigenvalue weighted by Crippen LogP contribution is -2.32. The maximum Gasteiger partial charge on any atom is 0.261 e. The first kappa shape index (κ1) is 53.1. The molecule has 1 aliphatic heterocycles. The number of ether oxygens (including phenoxy) is 4. The number of rotatable bonds is 11. The molecule has 0 saturated carbocycles. The Morgan fingerprint density at radius 2 is 1.23 bits per heavy atom. The smallest absolute Gasteiger partial charge is 0.261 e. The average Bonchev–Trinajstić information content (AvgIpc) is 3.18. The number of aromatic nitrogens is 1. The van der Waals surface area contributed by atoms with Gasteiger partial charge in [0.1, 0.15) is 0 Å². The Labute approximate surface area is 354 Å². The number of pyridine rings is 1. The van der Waals surface area contributed by atoms with Crippen LogP contribution in [0, 0.1) is 0 Å². The summed E-state index contributed by atoms with van der Waals surface area (Å²) in [6.07, 6.45) is 4.77. The molecule has 0 saturated heterocycles. The Hall–Kier alpha value is -5.91.